The van der Waals surface area contributed by atoms with Gasteiger partial charge in [0.1, 0.15) is 0 Å². The van der Waals surface area contributed by atoms with Crippen LogP contribution in [0.2, 0.25) is 0 Å². The summed E-state index contributed by atoms with van der Waals surface area (Å²) in [6.45, 7) is 7.57. The van der Waals surface area contributed by atoms with E-state index in [4.69, 9.17) is 10.5 Å². The van der Waals surface area contributed by atoms with Gasteiger partial charge in [-0.1, -0.05) is 0 Å². The van der Waals surface area contributed by atoms with E-state index in [0.717, 1.165) is 18.9 Å². The van der Waals surface area contributed by atoms with Gasteiger partial charge in [0, 0.05) is 0 Å². The standard InChI is InChI=1S/C12H23NO/c1-11(2)9-4-6-12(3,14-11)10(8-9)5-7-13/h9-10H,4-8,13H2,1-3H3. The average Bonchev–Trinajstić information content (AvgIpc) is 2.06. The highest BCUT2D eigenvalue weighted by Gasteiger charge is 2.53. The normalized spacial score (nSPS) is 45.4. The lowest BCUT2D eigenvalue weighted by Gasteiger charge is -2.58. The summed E-state index contributed by atoms with van der Waals surface area (Å²) in [5.74, 6) is 1.44. The lowest BCUT2D eigenvalue weighted by atomic mass is 9.62. The van der Waals surface area contributed by atoms with Crippen molar-refractivity contribution in [3.05, 3.63) is 0 Å². The van der Waals surface area contributed by atoms with Gasteiger partial charge in [0.2, 0.25) is 0 Å². The third-order valence-corrected chi connectivity index (χ3v) is 4.42. The van der Waals surface area contributed by atoms with Crippen molar-refractivity contribution in [3.63, 3.8) is 0 Å². The summed E-state index contributed by atoms with van der Waals surface area (Å²) in [6.07, 6.45) is 5.01. The number of rotatable bonds is 2. The summed E-state index contributed by atoms with van der Waals surface area (Å²) >= 11 is 0. The van der Waals surface area contributed by atoms with Crippen molar-refractivity contribution in [2.75, 3.05) is 6.54 Å². The van der Waals surface area contributed by atoms with Crippen LogP contribution in [0.25, 0.3) is 0 Å². The molecule has 0 radical (unpaired) electrons. The quantitative estimate of drug-likeness (QED) is 0.737. The molecule has 2 nitrogen and oxygen atoms in total. The Balaban J connectivity index is 2.16. The fourth-order valence-electron chi connectivity index (χ4n) is 3.45. The zero-order valence-corrected chi connectivity index (χ0v) is 9.68. The fourth-order valence-corrected chi connectivity index (χ4v) is 3.45. The monoisotopic (exact) mass is 197 g/mol. The number of hydrogen-bond donors (Lipinski definition) is 1. The molecular weight excluding hydrogens is 174 g/mol. The molecule has 3 rings (SSSR count). The summed E-state index contributed by atoms with van der Waals surface area (Å²) in [6, 6.07) is 0. The molecule has 3 unspecified atom stereocenters. The van der Waals surface area contributed by atoms with Gasteiger partial charge in [-0.25, -0.2) is 0 Å². The number of nitrogens with two attached hydrogens (primary N) is 1. The van der Waals surface area contributed by atoms with Crippen molar-refractivity contribution in [2.24, 2.45) is 17.6 Å². The van der Waals surface area contributed by atoms with E-state index in [1.54, 1.807) is 0 Å². The highest BCUT2D eigenvalue weighted by molar-refractivity contribution is 5.02. The molecule has 2 bridgehead atoms. The minimum absolute atomic E-state index is 0.0953. The Morgan fingerprint density at radius 2 is 2.07 bits per heavy atom. The second-order valence-corrected chi connectivity index (χ2v) is 5.76. The molecule has 0 spiro atoms. The molecule has 2 heterocycles. The predicted molar refractivity (Wildman–Crippen MR) is 58.1 cm³/mol. The molecule has 0 aromatic heterocycles. The second-order valence-electron chi connectivity index (χ2n) is 5.76. The summed E-state index contributed by atoms with van der Waals surface area (Å²) in [4.78, 5) is 0. The van der Waals surface area contributed by atoms with Crippen LogP contribution >= 0.6 is 0 Å². The third kappa shape index (κ3) is 1.49. The maximum absolute atomic E-state index is 6.27. The van der Waals surface area contributed by atoms with E-state index in [0.29, 0.717) is 5.92 Å². The summed E-state index contributed by atoms with van der Waals surface area (Å²) in [5.41, 5.74) is 5.87. The highest BCUT2D eigenvalue weighted by atomic mass is 16.5. The third-order valence-electron chi connectivity index (χ3n) is 4.42. The van der Waals surface area contributed by atoms with Crippen molar-refractivity contribution in [2.45, 2.75) is 57.7 Å². The van der Waals surface area contributed by atoms with Crippen LogP contribution in [0.1, 0.15) is 46.5 Å². The van der Waals surface area contributed by atoms with Gasteiger partial charge in [0.25, 0.3) is 0 Å². The molecule has 1 aliphatic carbocycles. The fraction of sp³-hybridized carbons (Fsp3) is 1.00. The van der Waals surface area contributed by atoms with Crippen LogP contribution in [-0.4, -0.2) is 17.7 Å². The first kappa shape index (κ1) is 10.4. The lowest BCUT2D eigenvalue weighted by molar-refractivity contribution is -0.257. The molecule has 82 valence electrons. The van der Waals surface area contributed by atoms with E-state index < -0.39 is 0 Å². The number of fused-ring (bicyclic) bond motifs is 3. The first-order valence-electron chi connectivity index (χ1n) is 5.88. The average molecular weight is 197 g/mol. The van der Waals surface area contributed by atoms with E-state index in [1.807, 2.05) is 0 Å². The Labute approximate surface area is 87.2 Å². The molecule has 3 aliphatic rings. The maximum atomic E-state index is 6.27. The SMILES string of the molecule is CC1(C)OC2(C)CCC1CC2CCN. The van der Waals surface area contributed by atoms with Gasteiger partial charge >= 0.3 is 0 Å². The molecule has 2 heteroatoms. The number of hydrogen-bond acceptors (Lipinski definition) is 2. The Kier molecular flexibility index (Phi) is 2.39. The second kappa shape index (κ2) is 3.21. The van der Waals surface area contributed by atoms with Crippen LogP contribution in [0.15, 0.2) is 0 Å². The maximum Gasteiger partial charge on any atom is 0.0690 e. The molecule has 2 aliphatic heterocycles. The molecule has 3 fully saturated rings. The van der Waals surface area contributed by atoms with Crippen LogP contribution in [0.4, 0.5) is 0 Å². The Morgan fingerprint density at radius 1 is 1.36 bits per heavy atom. The summed E-state index contributed by atoms with van der Waals surface area (Å²) in [7, 11) is 0. The Morgan fingerprint density at radius 3 is 2.57 bits per heavy atom. The van der Waals surface area contributed by atoms with Gasteiger partial charge in [-0.2, -0.15) is 0 Å². The highest BCUT2D eigenvalue weighted by Crippen LogP contribution is 2.53. The molecule has 2 saturated heterocycles. The molecule has 3 atom stereocenters. The van der Waals surface area contributed by atoms with Gasteiger partial charge in [-0.15, -0.1) is 0 Å². The lowest BCUT2D eigenvalue weighted by Crippen LogP contribution is -2.59. The van der Waals surface area contributed by atoms with Crippen molar-refractivity contribution in [3.8, 4) is 0 Å². The number of ether oxygens (including phenoxy) is 1. The first-order valence-corrected chi connectivity index (χ1v) is 5.88. The minimum Gasteiger partial charge on any atom is -0.369 e. The largest absolute Gasteiger partial charge is 0.369 e. The zero-order valence-electron chi connectivity index (χ0n) is 9.68. The van der Waals surface area contributed by atoms with Gasteiger partial charge in [-0.05, 0) is 64.8 Å². The predicted octanol–water partition coefficient (Wildman–Crippen LogP) is 2.32. The van der Waals surface area contributed by atoms with Gasteiger partial charge in [0.05, 0.1) is 11.2 Å². The van der Waals surface area contributed by atoms with E-state index in [1.165, 1.54) is 19.3 Å². The first-order chi connectivity index (χ1) is 6.48. The van der Waals surface area contributed by atoms with Crippen LogP contribution in [-0.2, 0) is 4.74 Å². The molecule has 14 heavy (non-hydrogen) atoms. The van der Waals surface area contributed by atoms with E-state index in [2.05, 4.69) is 20.8 Å². The molecule has 2 N–H and O–H groups in total. The van der Waals surface area contributed by atoms with Crippen LogP contribution in [0.5, 0.6) is 0 Å². The molecule has 0 aromatic rings. The Hall–Kier alpha value is -0.0800. The van der Waals surface area contributed by atoms with Gasteiger partial charge in [-0.3, -0.25) is 0 Å². The van der Waals surface area contributed by atoms with Crippen LogP contribution < -0.4 is 5.73 Å². The molecule has 1 saturated carbocycles. The van der Waals surface area contributed by atoms with Crippen molar-refractivity contribution in [1.29, 1.82) is 0 Å². The van der Waals surface area contributed by atoms with Crippen LogP contribution in [0.3, 0.4) is 0 Å². The summed E-state index contributed by atoms with van der Waals surface area (Å²) < 4.78 is 6.27. The molecule has 0 amide bonds. The minimum atomic E-state index is 0.0953. The van der Waals surface area contributed by atoms with Crippen molar-refractivity contribution < 1.29 is 4.74 Å². The van der Waals surface area contributed by atoms with E-state index in [-0.39, 0.29) is 11.2 Å². The van der Waals surface area contributed by atoms with Crippen molar-refractivity contribution >= 4 is 0 Å². The van der Waals surface area contributed by atoms with E-state index in [9.17, 15) is 0 Å². The molecular formula is C12H23NO. The van der Waals surface area contributed by atoms with Gasteiger partial charge in [0.15, 0.2) is 0 Å². The van der Waals surface area contributed by atoms with Crippen LogP contribution in [0, 0.1) is 11.8 Å². The smallest absolute Gasteiger partial charge is 0.0690 e. The molecule has 0 aromatic carbocycles. The zero-order chi connectivity index (χ0) is 10.4. The summed E-state index contributed by atoms with van der Waals surface area (Å²) in [5, 5.41) is 0. The van der Waals surface area contributed by atoms with E-state index >= 15 is 0 Å². The van der Waals surface area contributed by atoms with Gasteiger partial charge < -0.3 is 10.5 Å². The topological polar surface area (TPSA) is 35.2 Å². The Bertz CT molecular complexity index is 226. The van der Waals surface area contributed by atoms with Crippen molar-refractivity contribution in [1.82, 2.24) is 0 Å².